The molecule has 2 rings (SSSR count). The number of alkyl halides is 3. The predicted octanol–water partition coefficient (Wildman–Crippen LogP) is 1.88. The SMILES string of the molecule is COc1cc(N)cnc1-n1cnc(C(F)(F)F)c1. The van der Waals surface area contributed by atoms with Gasteiger partial charge in [-0.3, -0.25) is 4.57 Å². The molecule has 0 fully saturated rings. The van der Waals surface area contributed by atoms with Crippen molar-refractivity contribution in [2.75, 3.05) is 12.8 Å². The van der Waals surface area contributed by atoms with Crippen LogP contribution in [0.3, 0.4) is 0 Å². The first kappa shape index (κ1) is 12.2. The van der Waals surface area contributed by atoms with Gasteiger partial charge in [0.15, 0.2) is 17.3 Å². The van der Waals surface area contributed by atoms with Gasteiger partial charge in [-0.15, -0.1) is 0 Å². The van der Waals surface area contributed by atoms with Crippen LogP contribution in [-0.2, 0) is 6.18 Å². The normalized spacial score (nSPS) is 11.6. The van der Waals surface area contributed by atoms with Gasteiger partial charge in [0.05, 0.1) is 19.0 Å². The first-order valence-corrected chi connectivity index (χ1v) is 4.83. The lowest BCUT2D eigenvalue weighted by Crippen LogP contribution is -2.05. The number of nitrogen functional groups attached to an aromatic ring is 1. The third-order valence-electron chi connectivity index (χ3n) is 2.19. The van der Waals surface area contributed by atoms with Crippen LogP contribution in [0.4, 0.5) is 18.9 Å². The third-order valence-corrected chi connectivity index (χ3v) is 2.19. The molecule has 0 amide bonds. The molecule has 0 saturated carbocycles. The number of methoxy groups -OCH3 is 1. The van der Waals surface area contributed by atoms with Gasteiger partial charge in [-0.25, -0.2) is 9.97 Å². The van der Waals surface area contributed by atoms with Crippen LogP contribution < -0.4 is 10.5 Å². The Morgan fingerprint density at radius 2 is 2.06 bits per heavy atom. The number of ether oxygens (including phenoxy) is 1. The van der Waals surface area contributed by atoms with Crippen LogP contribution in [0.1, 0.15) is 5.69 Å². The van der Waals surface area contributed by atoms with E-state index in [1.165, 1.54) is 19.4 Å². The number of imidazole rings is 1. The molecule has 0 aliphatic heterocycles. The molecule has 96 valence electrons. The zero-order chi connectivity index (χ0) is 13.3. The molecule has 0 saturated heterocycles. The van der Waals surface area contributed by atoms with Crippen LogP contribution in [0.2, 0.25) is 0 Å². The van der Waals surface area contributed by atoms with Gasteiger partial charge in [0, 0.05) is 12.3 Å². The van der Waals surface area contributed by atoms with Crippen LogP contribution >= 0.6 is 0 Å². The van der Waals surface area contributed by atoms with E-state index in [1.54, 1.807) is 0 Å². The van der Waals surface area contributed by atoms with Crippen molar-refractivity contribution in [3.8, 4) is 11.6 Å². The van der Waals surface area contributed by atoms with E-state index in [9.17, 15) is 13.2 Å². The fourth-order valence-electron chi connectivity index (χ4n) is 1.38. The van der Waals surface area contributed by atoms with Crippen LogP contribution in [0.25, 0.3) is 5.82 Å². The van der Waals surface area contributed by atoms with Crippen molar-refractivity contribution in [2.24, 2.45) is 0 Å². The number of hydrogen-bond donors (Lipinski definition) is 1. The van der Waals surface area contributed by atoms with E-state index in [2.05, 4.69) is 9.97 Å². The van der Waals surface area contributed by atoms with E-state index in [4.69, 9.17) is 10.5 Å². The molecular weight excluding hydrogens is 249 g/mol. The number of hydrogen-bond acceptors (Lipinski definition) is 4. The highest BCUT2D eigenvalue weighted by Crippen LogP contribution is 2.29. The molecule has 0 aromatic carbocycles. The van der Waals surface area contributed by atoms with Gasteiger partial charge in [0.25, 0.3) is 0 Å². The molecule has 2 heterocycles. The van der Waals surface area contributed by atoms with Crippen molar-refractivity contribution in [1.29, 1.82) is 0 Å². The average Bonchev–Trinajstić information content (AvgIpc) is 2.77. The number of pyridine rings is 1. The van der Waals surface area contributed by atoms with Gasteiger partial charge in [-0.05, 0) is 0 Å². The Labute approximate surface area is 100 Å². The number of halogens is 3. The highest BCUT2D eigenvalue weighted by molar-refractivity contribution is 5.50. The maximum absolute atomic E-state index is 12.4. The van der Waals surface area contributed by atoms with Crippen LogP contribution in [-0.4, -0.2) is 21.6 Å². The monoisotopic (exact) mass is 258 g/mol. The highest BCUT2D eigenvalue weighted by atomic mass is 19.4. The lowest BCUT2D eigenvalue weighted by Gasteiger charge is -2.08. The largest absolute Gasteiger partial charge is 0.493 e. The van der Waals surface area contributed by atoms with E-state index in [0.29, 0.717) is 5.69 Å². The van der Waals surface area contributed by atoms with Gasteiger partial charge in [-0.1, -0.05) is 0 Å². The first-order chi connectivity index (χ1) is 8.41. The van der Waals surface area contributed by atoms with Gasteiger partial charge in [-0.2, -0.15) is 13.2 Å². The third kappa shape index (κ3) is 2.22. The first-order valence-electron chi connectivity index (χ1n) is 4.83. The van der Waals surface area contributed by atoms with Crippen molar-refractivity contribution < 1.29 is 17.9 Å². The number of nitrogens with zero attached hydrogens (tertiary/aromatic N) is 3. The van der Waals surface area contributed by atoms with Crippen LogP contribution in [0, 0.1) is 0 Å². The van der Waals surface area contributed by atoms with Gasteiger partial charge >= 0.3 is 6.18 Å². The second-order valence-electron chi connectivity index (χ2n) is 3.46. The number of aromatic nitrogens is 3. The molecule has 0 spiro atoms. The van der Waals surface area contributed by atoms with Gasteiger partial charge in [0.1, 0.15) is 6.33 Å². The summed E-state index contributed by atoms with van der Waals surface area (Å²) in [5, 5.41) is 0. The Balaban J connectivity index is 2.46. The summed E-state index contributed by atoms with van der Waals surface area (Å²) in [6.07, 6.45) is -1.32. The molecule has 2 N–H and O–H groups in total. The summed E-state index contributed by atoms with van der Waals surface area (Å²) in [5.74, 6) is 0.454. The Morgan fingerprint density at radius 3 is 2.61 bits per heavy atom. The lowest BCUT2D eigenvalue weighted by molar-refractivity contribution is -0.140. The van der Waals surface area contributed by atoms with Crippen molar-refractivity contribution in [2.45, 2.75) is 6.18 Å². The molecule has 0 bridgehead atoms. The Morgan fingerprint density at radius 1 is 1.33 bits per heavy atom. The van der Waals surface area contributed by atoms with Gasteiger partial charge < -0.3 is 10.5 Å². The predicted molar refractivity (Wildman–Crippen MR) is 57.3 cm³/mol. The molecular formula is C10H9F3N4O. The molecule has 0 radical (unpaired) electrons. The standard InChI is InChI=1S/C10H9F3N4O/c1-18-7-2-6(14)3-15-9(7)17-4-8(16-5-17)10(11,12)13/h2-5H,14H2,1H3. The summed E-state index contributed by atoms with van der Waals surface area (Å²) in [6, 6.07) is 1.47. The summed E-state index contributed by atoms with van der Waals surface area (Å²) >= 11 is 0. The molecule has 0 aliphatic carbocycles. The Hall–Kier alpha value is -2.25. The van der Waals surface area contributed by atoms with E-state index in [-0.39, 0.29) is 11.6 Å². The van der Waals surface area contributed by atoms with Crippen molar-refractivity contribution in [3.63, 3.8) is 0 Å². The molecule has 18 heavy (non-hydrogen) atoms. The summed E-state index contributed by atoms with van der Waals surface area (Å²) < 4.78 is 43.4. The number of anilines is 1. The highest BCUT2D eigenvalue weighted by Gasteiger charge is 2.33. The minimum absolute atomic E-state index is 0.190. The fraction of sp³-hybridized carbons (Fsp3) is 0.200. The smallest absolute Gasteiger partial charge is 0.434 e. The zero-order valence-corrected chi connectivity index (χ0v) is 9.27. The average molecular weight is 258 g/mol. The minimum Gasteiger partial charge on any atom is -0.493 e. The maximum atomic E-state index is 12.4. The quantitative estimate of drug-likeness (QED) is 0.893. The Kier molecular flexibility index (Phi) is 2.85. The summed E-state index contributed by atoms with van der Waals surface area (Å²) in [6.45, 7) is 0. The van der Waals surface area contributed by atoms with E-state index < -0.39 is 11.9 Å². The number of rotatable bonds is 2. The van der Waals surface area contributed by atoms with Crippen molar-refractivity contribution >= 4 is 5.69 Å². The minimum atomic E-state index is -4.49. The summed E-state index contributed by atoms with van der Waals surface area (Å²) in [4.78, 5) is 7.19. The zero-order valence-electron chi connectivity index (χ0n) is 9.27. The maximum Gasteiger partial charge on any atom is 0.434 e. The van der Waals surface area contributed by atoms with E-state index in [0.717, 1.165) is 17.1 Å². The number of nitrogens with two attached hydrogens (primary N) is 1. The van der Waals surface area contributed by atoms with Crippen molar-refractivity contribution in [3.05, 3.63) is 30.5 Å². The fourth-order valence-corrected chi connectivity index (χ4v) is 1.38. The summed E-state index contributed by atoms with van der Waals surface area (Å²) in [5.41, 5.74) is 4.86. The molecule has 5 nitrogen and oxygen atoms in total. The van der Waals surface area contributed by atoms with E-state index >= 15 is 0 Å². The molecule has 2 aromatic heterocycles. The Bertz CT molecular complexity index is 564. The molecule has 0 atom stereocenters. The van der Waals surface area contributed by atoms with E-state index in [1.807, 2.05) is 0 Å². The van der Waals surface area contributed by atoms with Gasteiger partial charge in [0.2, 0.25) is 0 Å². The molecule has 0 unspecified atom stereocenters. The van der Waals surface area contributed by atoms with Crippen LogP contribution in [0.15, 0.2) is 24.8 Å². The molecule has 2 aromatic rings. The topological polar surface area (TPSA) is 66.0 Å². The molecule has 8 heteroatoms. The van der Waals surface area contributed by atoms with Crippen LogP contribution in [0.5, 0.6) is 5.75 Å². The molecule has 0 aliphatic rings. The second-order valence-corrected chi connectivity index (χ2v) is 3.46. The summed E-state index contributed by atoms with van der Waals surface area (Å²) in [7, 11) is 1.38. The van der Waals surface area contributed by atoms with Crippen molar-refractivity contribution in [1.82, 2.24) is 14.5 Å². The lowest BCUT2D eigenvalue weighted by atomic mass is 10.3. The second kappa shape index (κ2) is 4.21.